The van der Waals surface area contributed by atoms with Gasteiger partial charge in [0.05, 0.1) is 30.0 Å². The van der Waals surface area contributed by atoms with Gasteiger partial charge in [-0.1, -0.05) is 0 Å². The van der Waals surface area contributed by atoms with Crippen molar-refractivity contribution in [2.75, 3.05) is 13.7 Å². The van der Waals surface area contributed by atoms with Crippen molar-refractivity contribution in [3.63, 3.8) is 0 Å². The summed E-state index contributed by atoms with van der Waals surface area (Å²) in [5, 5.41) is 0. The fourth-order valence-electron chi connectivity index (χ4n) is 2.01. The van der Waals surface area contributed by atoms with Gasteiger partial charge in [-0.2, -0.15) is 0 Å². The number of methoxy groups -OCH3 is 1. The van der Waals surface area contributed by atoms with Crippen molar-refractivity contribution in [2.45, 2.75) is 13.8 Å². The minimum Gasteiger partial charge on any atom is -0.493 e. The summed E-state index contributed by atoms with van der Waals surface area (Å²) in [6.45, 7) is 3.96. The number of carbonyl (C=O) groups is 2. The number of ether oxygens (including phenoxy) is 2. The molecule has 0 saturated carbocycles. The average Bonchev–Trinajstić information content (AvgIpc) is 3.00. The Bertz CT molecular complexity index is 757. The number of furan rings is 1. The maximum atomic E-state index is 12.2. The van der Waals surface area contributed by atoms with Crippen molar-refractivity contribution in [2.24, 2.45) is 0 Å². The van der Waals surface area contributed by atoms with Crippen molar-refractivity contribution >= 4 is 27.7 Å². The Labute approximate surface area is 147 Å². The molecule has 24 heavy (non-hydrogen) atoms. The molecule has 1 aromatic heterocycles. The zero-order valence-electron chi connectivity index (χ0n) is 13.4. The van der Waals surface area contributed by atoms with E-state index in [2.05, 4.69) is 26.8 Å². The highest BCUT2D eigenvalue weighted by Gasteiger charge is 2.17. The Morgan fingerprint density at radius 3 is 2.54 bits per heavy atom. The van der Waals surface area contributed by atoms with Crippen molar-refractivity contribution in [1.82, 2.24) is 10.9 Å². The first-order chi connectivity index (χ1) is 11.5. The number of nitrogens with one attached hydrogen (secondary N) is 2. The zero-order valence-corrected chi connectivity index (χ0v) is 15.0. The van der Waals surface area contributed by atoms with Crippen LogP contribution in [0.1, 0.15) is 33.4 Å². The second-order valence-corrected chi connectivity index (χ2v) is 5.58. The summed E-state index contributed by atoms with van der Waals surface area (Å²) in [4.78, 5) is 24.2. The minimum atomic E-state index is -0.494. The van der Waals surface area contributed by atoms with Crippen LogP contribution in [0.2, 0.25) is 0 Å². The third-order valence-electron chi connectivity index (χ3n) is 3.17. The van der Waals surface area contributed by atoms with E-state index in [-0.39, 0.29) is 0 Å². The minimum absolute atomic E-state index is 0.298. The first-order valence-corrected chi connectivity index (χ1v) is 7.92. The number of aryl methyl sites for hydroxylation is 1. The lowest BCUT2D eigenvalue weighted by Crippen LogP contribution is -2.41. The molecule has 0 atom stereocenters. The second kappa shape index (κ2) is 7.87. The summed E-state index contributed by atoms with van der Waals surface area (Å²) in [6, 6.07) is 4.63. The molecule has 2 amide bonds. The molecule has 8 heteroatoms. The molecule has 0 aliphatic heterocycles. The molecule has 2 N–H and O–H groups in total. The Balaban J connectivity index is 2.11. The average molecular weight is 397 g/mol. The summed E-state index contributed by atoms with van der Waals surface area (Å²) in [6.07, 6.45) is 1.40. The number of rotatable bonds is 5. The van der Waals surface area contributed by atoms with Crippen LogP contribution in [0.25, 0.3) is 0 Å². The molecule has 0 saturated heterocycles. The van der Waals surface area contributed by atoms with Gasteiger partial charge in [-0.3, -0.25) is 20.4 Å². The molecule has 2 rings (SSSR count). The number of halogens is 1. The molecule has 7 nitrogen and oxygen atoms in total. The van der Waals surface area contributed by atoms with Gasteiger partial charge in [-0.15, -0.1) is 0 Å². The van der Waals surface area contributed by atoms with Crippen molar-refractivity contribution in [3.8, 4) is 11.5 Å². The first kappa shape index (κ1) is 17.9. The summed E-state index contributed by atoms with van der Waals surface area (Å²) >= 11 is 3.34. The van der Waals surface area contributed by atoms with Gasteiger partial charge in [0.25, 0.3) is 11.8 Å². The van der Waals surface area contributed by atoms with E-state index in [1.54, 1.807) is 13.0 Å². The van der Waals surface area contributed by atoms with E-state index in [1.165, 1.54) is 25.5 Å². The monoisotopic (exact) mass is 396 g/mol. The molecule has 1 aromatic carbocycles. The number of benzene rings is 1. The van der Waals surface area contributed by atoms with Crippen LogP contribution in [-0.2, 0) is 0 Å². The lowest BCUT2D eigenvalue weighted by atomic mass is 10.2. The zero-order chi connectivity index (χ0) is 17.7. The number of hydrazine groups is 1. The molecular weight excluding hydrogens is 380 g/mol. The fraction of sp³-hybridized carbons (Fsp3) is 0.250. The van der Waals surface area contributed by atoms with Gasteiger partial charge in [0.2, 0.25) is 0 Å². The third-order valence-corrected chi connectivity index (χ3v) is 3.76. The van der Waals surface area contributed by atoms with Crippen molar-refractivity contribution in [3.05, 3.63) is 45.8 Å². The molecule has 2 aromatic rings. The van der Waals surface area contributed by atoms with E-state index >= 15 is 0 Å². The SMILES string of the molecule is CCOc1c(Br)cc(C(=O)NNC(=O)c2ccoc2C)cc1OC. The van der Waals surface area contributed by atoms with Gasteiger partial charge < -0.3 is 13.9 Å². The third kappa shape index (κ3) is 3.88. The van der Waals surface area contributed by atoms with E-state index in [9.17, 15) is 9.59 Å². The maximum Gasteiger partial charge on any atom is 0.273 e. The van der Waals surface area contributed by atoms with E-state index in [0.29, 0.717) is 39.5 Å². The van der Waals surface area contributed by atoms with E-state index in [1.807, 2.05) is 6.92 Å². The van der Waals surface area contributed by atoms with Gasteiger partial charge in [0.15, 0.2) is 11.5 Å². The van der Waals surface area contributed by atoms with Crippen LogP contribution in [0.15, 0.2) is 33.4 Å². The molecule has 0 aliphatic carbocycles. The summed E-state index contributed by atoms with van der Waals surface area (Å²) in [5.74, 6) is 0.424. The molecule has 128 valence electrons. The van der Waals surface area contributed by atoms with Crippen LogP contribution in [0, 0.1) is 6.92 Å². The highest BCUT2D eigenvalue weighted by molar-refractivity contribution is 9.10. The normalized spacial score (nSPS) is 10.2. The molecule has 0 spiro atoms. The topological polar surface area (TPSA) is 89.8 Å². The Morgan fingerprint density at radius 1 is 1.25 bits per heavy atom. The lowest BCUT2D eigenvalue weighted by Gasteiger charge is -2.13. The number of hydrogen-bond acceptors (Lipinski definition) is 5. The molecule has 0 fully saturated rings. The van der Waals surface area contributed by atoms with Gasteiger partial charge >= 0.3 is 0 Å². The number of hydrogen-bond donors (Lipinski definition) is 2. The van der Waals surface area contributed by atoms with E-state index in [4.69, 9.17) is 13.9 Å². The predicted molar refractivity (Wildman–Crippen MR) is 90.2 cm³/mol. The summed E-state index contributed by atoms with van der Waals surface area (Å²) < 4.78 is 16.3. The van der Waals surface area contributed by atoms with Gasteiger partial charge in [0.1, 0.15) is 5.76 Å². The molecule has 0 unspecified atom stereocenters. The molecular formula is C16H17BrN2O5. The fourth-order valence-corrected chi connectivity index (χ4v) is 2.57. The van der Waals surface area contributed by atoms with Crippen LogP contribution in [0.5, 0.6) is 11.5 Å². The largest absolute Gasteiger partial charge is 0.493 e. The van der Waals surface area contributed by atoms with Crippen LogP contribution < -0.4 is 20.3 Å². The first-order valence-electron chi connectivity index (χ1n) is 7.13. The predicted octanol–water partition coefficient (Wildman–Crippen LogP) is 2.83. The van der Waals surface area contributed by atoms with E-state index in [0.717, 1.165) is 0 Å². The second-order valence-electron chi connectivity index (χ2n) is 4.72. The summed E-state index contributed by atoms with van der Waals surface area (Å²) in [7, 11) is 1.48. The van der Waals surface area contributed by atoms with Gasteiger partial charge in [0, 0.05) is 5.56 Å². The number of amides is 2. The molecule has 0 bridgehead atoms. The van der Waals surface area contributed by atoms with Crippen LogP contribution in [-0.4, -0.2) is 25.5 Å². The van der Waals surface area contributed by atoms with Gasteiger partial charge in [-0.05, 0) is 48.0 Å². The Kier molecular flexibility index (Phi) is 5.86. The molecule has 0 radical (unpaired) electrons. The smallest absolute Gasteiger partial charge is 0.273 e. The van der Waals surface area contributed by atoms with Gasteiger partial charge in [-0.25, -0.2) is 0 Å². The highest BCUT2D eigenvalue weighted by Crippen LogP contribution is 2.36. The van der Waals surface area contributed by atoms with Crippen LogP contribution >= 0.6 is 15.9 Å². The Hall–Kier alpha value is -2.48. The summed E-state index contributed by atoms with van der Waals surface area (Å²) in [5.41, 5.74) is 5.33. The van der Waals surface area contributed by atoms with Crippen LogP contribution in [0.3, 0.4) is 0 Å². The van der Waals surface area contributed by atoms with Crippen molar-refractivity contribution in [1.29, 1.82) is 0 Å². The molecule has 0 aliphatic rings. The number of carbonyl (C=O) groups excluding carboxylic acids is 2. The standard InChI is InChI=1S/C16H17BrN2O5/c1-4-23-14-12(17)7-10(8-13(14)22-3)15(20)18-19-16(21)11-5-6-24-9(11)2/h5-8H,4H2,1-3H3,(H,18,20)(H,19,21). The Morgan fingerprint density at radius 2 is 1.96 bits per heavy atom. The van der Waals surface area contributed by atoms with E-state index < -0.39 is 11.8 Å². The van der Waals surface area contributed by atoms with Crippen LogP contribution in [0.4, 0.5) is 0 Å². The maximum absolute atomic E-state index is 12.2. The molecule has 1 heterocycles. The quantitative estimate of drug-likeness (QED) is 0.758. The lowest BCUT2D eigenvalue weighted by molar-refractivity contribution is 0.0845. The van der Waals surface area contributed by atoms with Crippen molar-refractivity contribution < 1.29 is 23.5 Å². The highest BCUT2D eigenvalue weighted by atomic mass is 79.9.